The van der Waals surface area contributed by atoms with Crippen molar-refractivity contribution in [2.75, 3.05) is 0 Å². The van der Waals surface area contributed by atoms with E-state index in [1.807, 2.05) is 6.07 Å². The molecule has 1 aliphatic rings. The first kappa shape index (κ1) is 9.19. The molecule has 0 aromatic carbocycles. The maximum Gasteiger partial charge on any atom is 0.0910 e. The van der Waals surface area contributed by atoms with Gasteiger partial charge in [0, 0.05) is 9.35 Å². The van der Waals surface area contributed by atoms with Crippen LogP contribution in [0, 0.1) is 5.92 Å². The van der Waals surface area contributed by atoms with Crippen LogP contribution in [0.3, 0.4) is 0 Å². The number of aliphatic hydroxyl groups excluding tert-OH is 1. The molecule has 12 heavy (non-hydrogen) atoms. The number of hydrogen-bond acceptors (Lipinski definition) is 2. The molecule has 1 N–H and O–H groups in total. The molecule has 0 spiro atoms. The summed E-state index contributed by atoms with van der Waals surface area (Å²) in [7, 11) is 0. The summed E-state index contributed by atoms with van der Waals surface area (Å²) in [5, 5.41) is 9.77. The minimum atomic E-state index is -0.238. The molecule has 66 valence electrons. The first-order valence-corrected chi connectivity index (χ1v) is 6.21. The quantitative estimate of drug-likeness (QED) is 0.882. The van der Waals surface area contributed by atoms with Gasteiger partial charge in [0.1, 0.15) is 0 Å². The largest absolute Gasteiger partial charge is 0.387 e. The molecule has 1 aromatic rings. The van der Waals surface area contributed by atoms with Crippen LogP contribution in [0.4, 0.5) is 0 Å². The molecule has 0 aliphatic heterocycles. The number of rotatable bonds is 2. The Morgan fingerprint density at radius 2 is 2.17 bits per heavy atom. The van der Waals surface area contributed by atoms with Crippen molar-refractivity contribution < 1.29 is 5.11 Å². The molecule has 0 bridgehead atoms. The van der Waals surface area contributed by atoms with E-state index in [-0.39, 0.29) is 6.10 Å². The summed E-state index contributed by atoms with van der Waals surface area (Å²) in [6.45, 7) is 0. The lowest BCUT2D eigenvalue weighted by atomic mass is 10.2. The zero-order valence-electron chi connectivity index (χ0n) is 6.26. The normalized spacial score (nSPS) is 19.6. The van der Waals surface area contributed by atoms with Crippen molar-refractivity contribution in [3.05, 3.63) is 19.2 Å². The van der Waals surface area contributed by atoms with E-state index in [0.29, 0.717) is 5.92 Å². The van der Waals surface area contributed by atoms with Crippen LogP contribution in [-0.2, 0) is 0 Å². The highest BCUT2D eigenvalue weighted by Crippen LogP contribution is 2.45. The first-order valence-electron chi connectivity index (χ1n) is 3.81. The molecule has 1 saturated carbocycles. The van der Waals surface area contributed by atoms with E-state index in [2.05, 4.69) is 31.9 Å². The number of halogens is 2. The van der Waals surface area contributed by atoms with Crippen LogP contribution < -0.4 is 0 Å². The zero-order valence-corrected chi connectivity index (χ0v) is 10.2. The van der Waals surface area contributed by atoms with Gasteiger partial charge in [0.05, 0.1) is 9.89 Å². The van der Waals surface area contributed by atoms with Gasteiger partial charge in [-0.1, -0.05) is 0 Å². The molecule has 1 fully saturated rings. The number of hydrogen-bond donors (Lipinski definition) is 1. The van der Waals surface area contributed by atoms with Crippen LogP contribution in [0.25, 0.3) is 0 Å². The minimum Gasteiger partial charge on any atom is -0.387 e. The Hall–Kier alpha value is 0.620. The average Bonchev–Trinajstić information content (AvgIpc) is 2.80. The van der Waals surface area contributed by atoms with Gasteiger partial charge in [0.25, 0.3) is 0 Å². The Balaban J connectivity index is 2.21. The van der Waals surface area contributed by atoms with Gasteiger partial charge in [0.15, 0.2) is 0 Å². The van der Waals surface area contributed by atoms with E-state index in [0.717, 1.165) is 13.1 Å². The van der Waals surface area contributed by atoms with Gasteiger partial charge in [-0.2, -0.15) is 0 Å². The van der Waals surface area contributed by atoms with Crippen molar-refractivity contribution in [3.8, 4) is 0 Å². The zero-order chi connectivity index (χ0) is 8.72. The van der Waals surface area contributed by atoms with E-state index < -0.39 is 0 Å². The minimum absolute atomic E-state index is 0.238. The van der Waals surface area contributed by atoms with Gasteiger partial charge in [0.2, 0.25) is 0 Å². The van der Waals surface area contributed by atoms with Gasteiger partial charge in [-0.3, -0.25) is 0 Å². The summed E-state index contributed by atoms with van der Waals surface area (Å²) < 4.78 is 2.11. The van der Waals surface area contributed by atoms with Crippen LogP contribution in [0.15, 0.2) is 14.3 Å². The lowest BCUT2D eigenvalue weighted by Crippen LogP contribution is -1.95. The third-order valence-corrected chi connectivity index (χ3v) is 5.35. The lowest BCUT2D eigenvalue weighted by Gasteiger charge is -2.03. The topological polar surface area (TPSA) is 20.2 Å². The highest BCUT2D eigenvalue weighted by atomic mass is 79.9. The highest BCUT2D eigenvalue weighted by Gasteiger charge is 2.31. The molecular weight excluding hydrogens is 304 g/mol. The molecule has 0 radical (unpaired) electrons. The van der Waals surface area contributed by atoms with Crippen LogP contribution in [0.5, 0.6) is 0 Å². The van der Waals surface area contributed by atoms with E-state index in [4.69, 9.17) is 0 Å². The molecule has 0 amide bonds. The predicted molar refractivity (Wildman–Crippen MR) is 57.4 cm³/mol. The molecule has 1 nitrogen and oxygen atoms in total. The Morgan fingerprint density at radius 3 is 2.58 bits per heavy atom. The summed E-state index contributed by atoms with van der Waals surface area (Å²) in [6, 6.07) is 2.00. The SMILES string of the molecule is OC(c1cc(Br)c(Br)s1)C1CC1. The monoisotopic (exact) mass is 310 g/mol. The third-order valence-electron chi connectivity index (χ3n) is 2.02. The number of aliphatic hydroxyl groups is 1. The molecule has 1 aromatic heterocycles. The predicted octanol–water partition coefficient (Wildman–Crippen LogP) is 3.72. The standard InChI is InChI=1S/C8H8Br2OS/c9-5-3-6(12-8(5)10)7(11)4-1-2-4/h3-4,7,11H,1-2H2. The summed E-state index contributed by atoms with van der Waals surface area (Å²) >= 11 is 8.43. The lowest BCUT2D eigenvalue weighted by molar-refractivity contribution is 0.157. The van der Waals surface area contributed by atoms with Crippen molar-refractivity contribution in [3.63, 3.8) is 0 Å². The first-order chi connectivity index (χ1) is 5.68. The molecule has 1 heterocycles. The summed E-state index contributed by atoms with van der Waals surface area (Å²) in [5.41, 5.74) is 0. The fraction of sp³-hybridized carbons (Fsp3) is 0.500. The van der Waals surface area contributed by atoms with Crippen molar-refractivity contribution in [2.24, 2.45) is 5.92 Å². The van der Waals surface area contributed by atoms with Crippen molar-refractivity contribution in [1.29, 1.82) is 0 Å². The Morgan fingerprint density at radius 1 is 1.50 bits per heavy atom. The Bertz CT molecular complexity index is 274. The van der Waals surface area contributed by atoms with Crippen LogP contribution in [0.2, 0.25) is 0 Å². The number of thiophene rings is 1. The fourth-order valence-electron chi connectivity index (χ4n) is 1.15. The Labute approximate surface area is 92.1 Å². The maximum absolute atomic E-state index is 9.77. The van der Waals surface area contributed by atoms with Gasteiger partial charge >= 0.3 is 0 Å². The fourth-order valence-corrected chi connectivity index (χ4v) is 3.32. The van der Waals surface area contributed by atoms with Crippen molar-refractivity contribution in [1.82, 2.24) is 0 Å². The van der Waals surface area contributed by atoms with Gasteiger partial charge in [-0.15, -0.1) is 11.3 Å². The molecule has 0 saturated heterocycles. The molecule has 1 unspecified atom stereocenters. The Kier molecular flexibility index (Phi) is 2.61. The van der Waals surface area contributed by atoms with Crippen molar-refractivity contribution >= 4 is 43.2 Å². The summed E-state index contributed by atoms with van der Waals surface area (Å²) in [6.07, 6.45) is 2.11. The smallest absolute Gasteiger partial charge is 0.0910 e. The summed E-state index contributed by atoms with van der Waals surface area (Å²) in [5.74, 6) is 0.516. The van der Waals surface area contributed by atoms with Crippen molar-refractivity contribution in [2.45, 2.75) is 18.9 Å². The third kappa shape index (κ3) is 1.76. The van der Waals surface area contributed by atoms with Gasteiger partial charge in [-0.05, 0) is 56.7 Å². The molecular formula is C8H8Br2OS. The molecule has 2 rings (SSSR count). The second-order valence-corrected chi connectivity index (χ2v) is 6.31. The summed E-state index contributed by atoms with van der Waals surface area (Å²) in [4.78, 5) is 1.07. The second-order valence-electron chi connectivity index (χ2n) is 3.05. The maximum atomic E-state index is 9.77. The second kappa shape index (κ2) is 3.40. The van der Waals surface area contributed by atoms with Crippen LogP contribution in [-0.4, -0.2) is 5.11 Å². The van der Waals surface area contributed by atoms with Gasteiger partial charge < -0.3 is 5.11 Å². The van der Waals surface area contributed by atoms with Gasteiger partial charge in [-0.25, -0.2) is 0 Å². The highest BCUT2D eigenvalue weighted by molar-refractivity contribution is 9.13. The van der Waals surface area contributed by atoms with Crippen LogP contribution >= 0.6 is 43.2 Å². The molecule has 1 aliphatic carbocycles. The van der Waals surface area contributed by atoms with E-state index in [1.54, 1.807) is 11.3 Å². The average molecular weight is 312 g/mol. The van der Waals surface area contributed by atoms with E-state index >= 15 is 0 Å². The molecule has 4 heteroatoms. The van der Waals surface area contributed by atoms with E-state index in [9.17, 15) is 5.11 Å². The molecule has 1 atom stereocenters. The van der Waals surface area contributed by atoms with Crippen LogP contribution in [0.1, 0.15) is 23.8 Å². The van der Waals surface area contributed by atoms with E-state index in [1.165, 1.54) is 12.8 Å².